The monoisotopic (exact) mass is 471 g/mol. The molecule has 0 aliphatic carbocycles. The summed E-state index contributed by atoms with van der Waals surface area (Å²) in [6.45, 7) is 7.79. The summed E-state index contributed by atoms with van der Waals surface area (Å²) in [6, 6.07) is 4.48. The fourth-order valence-corrected chi connectivity index (χ4v) is 3.44. The Morgan fingerprint density at radius 2 is 1.94 bits per heavy atom. The zero-order valence-electron chi connectivity index (χ0n) is 19.3. The molecule has 2 amide bonds. The molecule has 10 nitrogen and oxygen atoms in total. The number of halogens is 1. The fraction of sp³-hybridized carbons (Fsp3) is 0.348. The number of fused-ring (bicyclic) bond motifs is 2. The molecule has 1 aromatic carbocycles. The Morgan fingerprint density at radius 1 is 1.18 bits per heavy atom. The number of aryl methyl sites for hydroxylation is 1. The van der Waals surface area contributed by atoms with Crippen LogP contribution in [0.4, 0.5) is 20.6 Å². The number of imidazole rings is 1. The first kappa shape index (κ1) is 23.1. The zero-order valence-corrected chi connectivity index (χ0v) is 19.3. The fourth-order valence-electron chi connectivity index (χ4n) is 3.44. The van der Waals surface area contributed by atoms with Crippen molar-refractivity contribution in [2.45, 2.75) is 33.3 Å². The zero-order chi connectivity index (χ0) is 24.5. The van der Waals surface area contributed by atoms with Crippen molar-refractivity contribution >= 4 is 29.0 Å². The van der Waals surface area contributed by atoms with Crippen molar-refractivity contribution in [3.8, 4) is 11.5 Å². The highest BCUT2D eigenvalue weighted by Gasteiger charge is 2.26. The highest BCUT2D eigenvalue weighted by molar-refractivity contribution is 6.07. The number of pyridine rings is 1. The molecule has 0 radical (unpaired) electrons. The third-order valence-corrected chi connectivity index (χ3v) is 4.76. The number of nitrogens with one attached hydrogen (secondary N) is 3. The number of carbonyl (C=O) groups is 2. The summed E-state index contributed by atoms with van der Waals surface area (Å²) < 4.78 is 32.1. The van der Waals surface area contributed by atoms with Gasteiger partial charge in [-0.25, -0.2) is 14.2 Å². The van der Waals surface area contributed by atoms with Crippen molar-refractivity contribution in [3.63, 3.8) is 0 Å². The van der Waals surface area contributed by atoms with Gasteiger partial charge in [0.25, 0.3) is 5.91 Å². The van der Waals surface area contributed by atoms with Crippen molar-refractivity contribution in [1.82, 2.24) is 14.7 Å². The smallest absolute Gasteiger partial charge is 0.407 e. The van der Waals surface area contributed by atoms with Gasteiger partial charge in [-0.15, -0.1) is 0 Å². The topological polar surface area (TPSA) is 115 Å². The number of ether oxygens (including phenoxy) is 3. The van der Waals surface area contributed by atoms with E-state index in [1.807, 2.05) is 0 Å². The van der Waals surface area contributed by atoms with Gasteiger partial charge in [-0.2, -0.15) is 0 Å². The third kappa shape index (κ3) is 5.13. The molecule has 0 unspecified atom stereocenters. The van der Waals surface area contributed by atoms with Crippen LogP contribution in [0.3, 0.4) is 0 Å². The summed E-state index contributed by atoms with van der Waals surface area (Å²) >= 11 is 0. The SMILES string of the molecule is Cc1cn2cc(NC(=O)c3ccc(NCCNC(=O)OC(C)(C)C)c4c3OCO4)cc(F)c2n1. The van der Waals surface area contributed by atoms with E-state index in [4.69, 9.17) is 14.2 Å². The van der Waals surface area contributed by atoms with Gasteiger partial charge >= 0.3 is 6.09 Å². The van der Waals surface area contributed by atoms with Gasteiger partial charge < -0.3 is 34.6 Å². The first-order valence-corrected chi connectivity index (χ1v) is 10.7. The summed E-state index contributed by atoms with van der Waals surface area (Å²) in [5, 5.41) is 8.49. The highest BCUT2D eigenvalue weighted by Crippen LogP contribution is 2.42. The van der Waals surface area contributed by atoms with Crippen LogP contribution in [-0.2, 0) is 4.74 Å². The number of aromatic nitrogens is 2. The summed E-state index contributed by atoms with van der Waals surface area (Å²) in [7, 11) is 0. The van der Waals surface area contributed by atoms with Crippen molar-refractivity contribution in [2.75, 3.05) is 30.5 Å². The van der Waals surface area contributed by atoms with Crippen molar-refractivity contribution in [2.24, 2.45) is 0 Å². The molecule has 1 aliphatic heterocycles. The van der Waals surface area contributed by atoms with Crippen LogP contribution in [0.2, 0.25) is 0 Å². The Hall–Kier alpha value is -4.02. The lowest BCUT2D eigenvalue weighted by Crippen LogP contribution is -2.35. The lowest BCUT2D eigenvalue weighted by Gasteiger charge is -2.19. The molecule has 1 aliphatic rings. The Labute approximate surface area is 195 Å². The van der Waals surface area contributed by atoms with Gasteiger partial charge in [-0.05, 0) is 39.8 Å². The first-order valence-electron chi connectivity index (χ1n) is 10.7. The molecule has 0 fully saturated rings. The number of anilines is 2. The van der Waals surface area contributed by atoms with Gasteiger partial charge in [0.2, 0.25) is 6.79 Å². The number of amides is 2. The summed E-state index contributed by atoms with van der Waals surface area (Å²) in [6.07, 6.45) is 2.74. The van der Waals surface area contributed by atoms with E-state index in [0.717, 1.165) is 0 Å². The minimum Gasteiger partial charge on any atom is -0.453 e. The predicted molar refractivity (Wildman–Crippen MR) is 123 cm³/mol. The number of nitrogens with zero attached hydrogens (tertiary/aromatic N) is 2. The molecule has 2 aromatic heterocycles. The quantitative estimate of drug-likeness (QED) is 0.470. The summed E-state index contributed by atoms with van der Waals surface area (Å²) in [5.41, 5.74) is 1.40. The molecule has 180 valence electrons. The maximum Gasteiger partial charge on any atom is 0.407 e. The van der Waals surface area contributed by atoms with Crippen LogP contribution in [0.5, 0.6) is 11.5 Å². The van der Waals surface area contributed by atoms with Gasteiger partial charge in [0, 0.05) is 31.5 Å². The van der Waals surface area contributed by atoms with Crippen LogP contribution in [0.25, 0.3) is 5.65 Å². The molecule has 0 atom stereocenters. The van der Waals surface area contributed by atoms with Gasteiger partial charge in [0.05, 0.1) is 22.6 Å². The average Bonchev–Trinajstić information content (AvgIpc) is 3.36. The Bertz CT molecular complexity index is 1250. The van der Waals surface area contributed by atoms with Gasteiger partial charge in [-0.3, -0.25) is 4.79 Å². The van der Waals surface area contributed by atoms with E-state index in [9.17, 15) is 14.0 Å². The highest BCUT2D eigenvalue weighted by atomic mass is 19.1. The number of hydrogen-bond acceptors (Lipinski definition) is 7. The van der Waals surface area contributed by atoms with Crippen LogP contribution in [-0.4, -0.2) is 46.9 Å². The Balaban J connectivity index is 1.42. The molecular weight excluding hydrogens is 445 g/mol. The minimum atomic E-state index is -0.574. The van der Waals surface area contributed by atoms with Crippen molar-refractivity contribution in [1.29, 1.82) is 0 Å². The van der Waals surface area contributed by atoms with Crippen LogP contribution in [0.1, 0.15) is 36.8 Å². The largest absolute Gasteiger partial charge is 0.453 e. The predicted octanol–water partition coefficient (Wildman–Crippen LogP) is 3.70. The number of hydrogen-bond donors (Lipinski definition) is 3. The maximum absolute atomic E-state index is 14.3. The van der Waals surface area contributed by atoms with Crippen molar-refractivity contribution < 1.29 is 28.2 Å². The average molecular weight is 471 g/mol. The molecule has 0 bridgehead atoms. The van der Waals surface area contributed by atoms with Crippen LogP contribution in [0, 0.1) is 12.7 Å². The van der Waals surface area contributed by atoms with E-state index in [0.29, 0.717) is 30.2 Å². The molecule has 3 aromatic rings. The van der Waals surface area contributed by atoms with Crippen LogP contribution >= 0.6 is 0 Å². The van der Waals surface area contributed by atoms with Gasteiger partial charge in [0.15, 0.2) is 23.0 Å². The molecule has 4 rings (SSSR count). The standard InChI is InChI=1S/C23H26FN5O5/c1-13-10-29-11-14(9-16(24)20(29)27-13)28-21(30)15-5-6-17(19-18(15)32-12-33-19)25-7-8-26-22(31)34-23(2,3)4/h5-6,9-11,25H,7-8,12H2,1-4H3,(H,26,31)(H,28,30). The number of alkyl carbamates (subject to hydrolysis) is 1. The number of benzene rings is 1. The van der Waals surface area contributed by atoms with E-state index >= 15 is 0 Å². The van der Waals surface area contributed by atoms with Crippen LogP contribution in [0.15, 0.2) is 30.6 Å². The number of carbonyl (C=O) groups excluding carboxylic acids is 2. The number of rotatable bonds is 6. The lowest BCUT2D eigenvalue weighted by molar-refractivity contribution is 0.0530. The minimum absolute atomic E-state index is 0.0423. The molecule has 3 N–H and O–H groups in total. The van der Waals surface area contributed by atoms with E-state index in [1.165, 1.54) is 10.5 Å². The Morgan fingerprint density at radius 3 is 2.71 bits per heavy atom. The van der Waals surface area contributed by atoms with Crippen molar-refractivity contribution in [3.05, 3.63) is 47.7 Å². The molecule has 3 heterocycles. The second-order valence-corrected chi connectivity index (χ2v) is 8.72. The van der Waals surface area contributed by atoms with E-state index < -0.39 is 23.4 Å². The van der Waals surface area contributed by atoms with Crippen LogP contribution < -0.4 is 25.4 Å². The molecule has 34 heavy (non-hydrogen) atoms. The summed E-state index contributed by atoms with van der Waals surface area (Å²) in [4.78, 5) is 28.8. The molecule has 0 saturated heterocycles. The Kier molecular flexibility index (Phi) is 6.18. The molecule has 0 spiro atoms. The van der Waals surface area contributed by atoms with E-state index in [-0.39, 0.29) is 29.4 Å². The molecule has 11 heteroatoms. The maximum atomic E-state index is 14.3. The van der Waals surface area contributed by atoms with E-state index in [1.54, 1.807) is 52.2 Å². The second kappa shape index (κ2) is 9.08. The first-order chi connectivity index (χ1) is 16.1. The lowest BCUT2D eigenvalue weighted by atomic mass is 10.1. The summed E-state index contributed by atoms with van der Waals surface area (Å²) in [5.74, 6) is -0.356. The molecular formula is C23H26FN5O5. The van der Waals surface area contributed by atoms with Gasteiger partial charge in [-0.1, -0.05) is 0 Å². The third-order valence-electron chi connectivity index (χ3n) is 4.76. The van der Waals surface area contributed by atoms with E-state index in [2.05, 4.69) is 20.9 Å². The molecule has 0 saturated carbocycles. The normalized spacial score (nSPS) is 12.5. The van der Waals surface area contributed by atoms with Gasteiger partial charge in [0.1, 0.15) is 5.60 Å². The second-order valence-electron chi connectivity index (χ2n) is 8.72.